The number of nitrogens with one attached hydrogen (secondary N) is 2. The Morgan fingerprint density at radius 2 is 2.12 bits per heavy atom. The maximum Gasteiger partial charge on any atom is 0.416 e. The molecule has 1 heterocycles. The Morgan fingerprint density at radius 1 is 1.41 bits per heavy atom. The van der Waals surface area contributed by atoms with Crippen molar-refractivity contribution in [1.29, 1.82) is 0 Å². The van der Waals surface area contributed by atoms with Crippen LogP contribution in [0.3, 0.4) is 0 Å². The average molecular weight is 245 g/mol. The van der Waals surface area contributed by atoms with Gasteiger partial charge in [-0.2, -0.15) is 13.2 Å². The summed E-state index contributed by atoms with van der Waals surface area (Å²) < 4.78 is 37.7. The zero-order valence-electron chi connectivity index (χ0n) is 9.60. The minimum Gasteiger partial charge on any atom is -0.362 e. The number of benzene rings is 1. The molecule has 0 radical (unpaired) electrons. The van der Waals surface area contributed by atoms with Crippen LogP contribution in [0.25, 0.3) is 0 Å². The van der Waals surface area contributed by atoms with E-state index >= 15 is 0 Å². The molecule has 94 valence electrons. The predicted octanol–water partition coefficient (Wildman–Crippen LogP) is 2.11. The maximum absolute atomic E-state index is 12.6. The zero-order chi connectivity index (χ0) is 12.6. The lowest BCUT2D eigenvalue weighted by Crippen LogP contribution is -2.40. The summed E-state index contributed by atoms with van der Waals surface area (Å²) in [6.07, 6.45) is -4.31. The van der Waals surface area contributed by atoms with E-state index in [1.807, 2.05) is 0 Å². The van der Waals surface area contributed by atoms with Crippen molar-refractivity contribution in [2.75, 3.05) is 30.9 Å². The summed E-state index contributed by atoms with van der Waals surface area (Å²) in [6.45, 7) is 0.659. The Balaban J connectivity index is 2.31. The molecular weight excluding hydrogens is 231 g/mol. The van der Waals surface area contributed by atoms with Crippen molar-refractivity contribution in [2.24, 2.45) is 0 Å². The van der Waals surface area contributed by atoms with Crippen molar-refractivity contribution < 1.29 is 13.2 Å². The van der Waals surface area contributed by atoms with Crippen molar-refractivity contribution in [3.05, 3.63) is 23.8 Å². The second-order valence-electron chi connectivity index (χ2n) is 4.06. The van der Waals surface area contributed by atoms with Crippen LogP contribution in [0.5, 0.6) is 0 Å². The Hall–Kier alpha value is -1.43. The first kappa shape index (κ1) is 12.0. The minimum atomic E-state index is -4.29. The van der Waals surface area contributed by atoms with Crippen molar-refractivity contribution >= 4 is 11.4 Å². The number of alkyl halides is 3. The van der Waals surface area contributed by atoms with Crippen molar-refractivity contribution in [2.45, 2.75) is 12.3 Å². The number of nitrogens with zero attached hydrogens (tertiary/aromatic N) is 1. The minimum absolute atomic E-state index is 0.0153. The van der Waals surface area contributed by atoms with Crippen LogP contribution in [-0.4, -0.2) is 26.8 Å². The summed E-state index contributed by atoms with van der Waals surface area (Å²) in [5, 5.41) is 6.15. The molecule has 0 saturated carbocycles. The topological polar surface area (TPSA) is 27.3 Å². The van der Waals surface area contributed by atoms with E-state index < -0.39 is 11.7 Å². The van der Waals surface area contributed by atoms with E-state index in [9.17, 15) is 13.2 Å². The standard InChI is InChI=1S/C11H14F3N3/c1-15-6-10-16-8-4-3-7(11(12,13)14)5-9(8)17(10)2/h3-5,10,15-16H,6H2,1-2H3. The fraction of sp³-hybridized carbons (Fsp3) is 0.455. The molecule has 17 heavy (non-hydrogen) atoms. The van der Waals surface area contributed by atoms with Gasteiger partial charge in [0.1, 0.15) is 6.17 Å². The summed E-state index contributed by atoms with van der Waals surface area (Å²) in [7, 11) is 3.58. The van der Waals surface area contributed by atoms with Gasteiger partial charge in [-0.1, -0.05) is 0 Å². The third-order valence-corrected chi connectivity index (χ3v) is 2.89. The summed E-state index contributed by atoms with van der Waals surface area (Å²) in [6, 6.07) is 3.75. The Kier molecular flexibility index (Phi) is 2.91. The van der Waals surface area contributed by atoms with Gasteiger partial charge in [-0.15, -0.1) is 0 Å². The van der Waals surface area contributed by atoms with E-state index in [2.05, 4.69) is 10.6 Å². The molecule has 1 unspecified atom stereocenters. The molecule has 2 N–H and O–H groups in total. The molecule has 1 aromatic rings. The number of fused-ring (bicyclic) bond motifs is 1. The summed E-state index contributed by atoms with van der Waals surface area (Å²) in [4.78, 5) is 1.81. The molecule has 2 rings (SSSR count). The van der Waals surface area contributed by atoms with Crippen LogP contribution in [0.4, 0.5) is 24.5 Å². The van der Waals surface area contributed by atoms with Gasteiger partial charge in [0.15, 0.2) is 0 Å². The highest BCUT2D eigenvalue weighted by Gasteiger charge is 2.33. The molecule has 0 aliphatic carbocycles. The summed E-state index contributed by atoms with van der Waals surface area (Å²) in [5.74, 6) is 0. The smallest absolute Gasteiger partial charge is 0.362 e. The van der Waals surface area contributed by atoms with E-state index in [0.717, 1.165) is 11.8 Å². The molecule has 0 saturated heterocycles. The van der Waals surface area contributed by atoms with Gasteiger partial charge in [0.25, 0.3) is 0 Å². The van der Waals surface area contributed by atoms with Gasteiger partial charge in [0, 0.05) is 13.6 Å². The maximum atomic E-state index is 12.6. The quantitative estimate of drug-likeness (QED) is 0.835. The van der Waals surface area contributed by atoms with Crippen molar-refractivity contribution in [3.63, 3.8) is 0 Å². The number of rotatable bonds is 2. The first-order valence-corrected chi connectivity index (χ1v) is 5.28. The normalized spacial score (nSPS) is 19.1. The molecule has 1 aliphatic heterocycles. The highest BCUT2D eigenvalue weighted by atomic mass is 19.4. The van der Waals surface area contributed by atoms with Gasteiger partial charge < -0.3 is 15.5 Å². The third kappa shape index (κ3) is 2.17. The molecule has 0 aromatic heterocycles. The highest BCUT2D eigenvalue weighted by molar-refractivity contribution is 5.76. The van der Waals surface area contributed by atoms with Crippen molar-refractivity contribution in [3.8, 4) is 0 Å². The predicted molar refractivity (Wildman–Crippen MR) is 61.2 cm³/mol. The number of hydrogen-bond donors (Lipinski definition) is 2. The monoisotopic (exact) mass is 245 g/mol. The summed E-state index contributed by atoms with van der Waals surface area (Å²) in [5.41, 5.74) is 0.704. The van der Waals surface area contributed by atoms with Crippen LogP contribution in [0.1, 0.15) is 5.56 Å². The Bertz CT molecular complexity index is 417. The molecular formula is C11H14F3N3. The molecule has 6 heteroatoms. The fourth-order valence-electron chi connectivity index (χ4n) is 1.95. The van der Waals surface area contributed by atoms with Crippen LogP contribution < -0.4 is 15.5 Å². The number of likely N-dealkylation sites (N-methyl/N-ethyl adjacent to an activating group) is 2. The first-order valence-electron chi connectivity index (χ1n) is 5.28. The average Bonchev–Trinajstić information content (AvgIpc) is 2.55. The molecule has 3 nitrogen and oxygen atoms in total. The number of halogens is 3. The van der Waals surface area contributed by atoms with Gasteiger partial charge in [0.2, 0.25) is 0 Å². The van der Waals surface area contributed by atoms with Gasteiger partial charge in [0.05, 0.1) is 16.9 Å². The number of hydrogen-bond acceptors (Lipinski definition) is 3. The van der Waals surface area contributed by atoms with Gasteiger partial charge in [-0.25, -0.2) is 0 Å². The van der Waals surface area contributed by atoms with Crippen LogP contribution in [0.15, 0.2) is 18.2 Å². The molecule has 0 spiro atoms. The first-order chi connectivity index (χ1) is 7.93. The highest BCUT2D eigenvalue weighted by Crippen LogP contribution is 2.38. The lowest BCUT2D eigenvalue weighted by atomic mass is 10.1. The lowest BCUT2D eigenvalue weighted by molar-refractivity contribution is -0.137. The Morgan fingerprint density at radius 3 is 2.71 bits per heavy atom. The van der Waals surface area contributed by atoms with Gasteiger partial charge >= 0.3 is 6.18 Å². The molecule has 0 fully saturated rings. The molecule has 1 aliphatic rings. The van der Waals surface area contributed by atoms with Crippen LogP contribution in [0.2, 0.25) is 0 Å². The van der Waals surface area contributed by atoms with Gasteiger partial charge in [-0.3, -0.25) is 0 Å². The molecule has 1 atom stereocenters. The van der Waals surface area contributed by atoms with Crippen LogP contribution in [0, 0.1) is 0 Å². The Labute approximate surface area is 97.6 Å². The second-order valence-corrected chi connectivity index (χ2v) is 4.06. The largest absolute Gasteiger partial charge is 0.416 e. The van der Waals surface area contributed by atoms with E-state index in [4.69, 9.17) is 0 Å². The van der Waals surface area contributed by atoms with Crippen molar-refractivity contribution in [1.82, 2.24) is 5.32 Å². The lowest BCUT2D eigenvalue weighted by Gasteiger charge is -2.21. The second kappa shape index (κ2) is 4.10. The summed E-state index contributed by atoms with van der Waals surface area (Å²) >= 11 is 0. The fourth-order valence-corrected chi connectivity index (χ4v) is 1.95. The third-order valence-electron chi connectivity index (χ3n) is 2.89. The van der Waals surface area contributed by atoms with E-state index in [0.29, 0.717) is 12.2 Å². The van der Waals surface area contributed by atoms with Crippen LogP contribution >= 0.6 is 0 Å². The molecule has 0 bridgehead atoms. The van der Waals surface area contributed by atoms with E-state index in [1.54, 1.807) is 19.0 Å². The molecule has 1 aromatic carbocycles. The van der Waals surface area contributed by atoms with Gasteiger partial charge in [-0.05, 0) is 25.2 Å². The van der Waals surface area contributed by atoms with E-state index in [-0.39, 0.29) is 6.17 Å². The van der Waals surface area contributed by atoms with E-state index in [1.165, 1.54) is 12.1 Å². The zero-order valence-corrected chi connectivity index (χ0v) is 9.60. The number of anilines is 2. The SMILES string of the molecule is CNCC1Nc2ccc(C(F)(F)F)cc2N1C. The van der Waals surface area contributed by atoms with Crippen LogP contribution in [-0.2, 0) is 6.18 Å². The molecule has 0 amide bonds.